The summed E-state index contributed by atoms with van der Waals surface area (Å²) in [6, 6.07) is 13.4. The molecule has 6 nitrogen and oxygen atoms in total. The number of carbonyl (C=O) groups is 1. The molecule has 1 amide bonds. The van der Waals surface area contributed by atoms with Crippen molar-refractivity contribution >= 4 is 22.4 Å². The summed E-state index contributed by atoms with van der Waals surface area (Å²) in [4.78, 5) is 13.4. The smallest absolute Gasteiger partial charge is 0.381 e. The number of amides is 1. The molecule has 10 heteroatoms. The Hall–Kier alpha value is -3.11. The highest BCUT2D eigenvalue weighted by molar-refractivity contribution is 7.85. The van der Waals surface area contributed by atoms with Crippen LogP contribution in [0.3, 0.4) is 0 Å². The van der Waals surface area contributed by atoms with Gasteiger partial charge in [0.05, 0.1) is 16.8 Å². The van der Waals surface area contributed by atoms with Gasteiger partial charge in [-0.2, -0.15) is 13.2 Å². The van der Waals surface area contributed by atoms with Gasteiger partial charge in [0.25, 0.3) is 5.91 Å². The third-order valence-electron chi connectivity index (χ3n) is 4.98. The van der Waals surface area contributed by atoms with Gasteiger partial charge in [-0.25, -0.2) is 4.21 Å². The lowest BCUT2D eigenvalue weighted by Gasteiger charge is -2.19. The van der Waals surface area contributed by atoms with Crippen LogP contribution in [0.25, 0.3) is 0 Å². The second-order valence-corrected chi connectivity index (χ2v) is 9.94. The first-order valence-electron chi connectivity index (χ1n) is 10.5. The van der Waals surface area contributed by atoms with E-state index in [9.17, 15) is 22.2 Å². The Morgan fingerprint density at radius 3 is 2.21 bits per heavy atom. The van der Waals surface area contributed by atoms with E-state index >= 15 is 0 Å². The summed E-state index contributed by atoms with van der Waals surface area (Å²) >= 11 is 0. The number of nitrogens with one attached hydrogen (secondary N) is 2. The molecule has 0 unspecified atom stereocenters. The predicted octanol–water partition coefficient (Wildman–Crippen LogP) is 4.23. The zero-order chi connectivity index (χ0) is 25.1. The monoisotopic (exact) mass is 492 g/mol. The first kappa shape index (κ1) is 25.5. The quantitative estimate of drug-likeness (QED) is 0.439. The Labute approximate surface area is 198 Å². The highest BCUT2D eigenvalue weighted by Crippen LogP contribution is 2.32. The van der Waals surface area contributed by atoms with E-state index in [-0.39, 0.29) is 17.1 Å². The molecule has 2 aromatic carbocycles. The van der Waals surface area contributed by atoms with Crippen LogP contribution in [0, 0.1) is 0 Å². The fourth-order valence-electron chi connectivity index (χ4n) is 3.31. The highest BCUT2D eigenvalue weighted by atomic mass is 32.2. The van der Waals surface area contributed by atoms with Crippen LogP contribution in [0.1, 0.15) is 35.3 Å². The minimum Gasteiger partial charge on any atom is -0.381 e. The van der Waals surface area contributed by atoms with E-state index < -0.39 is 34.0 Å². The third-order valence-corrected chi connectivity index (χ3v) is 6.47. The molecule has 0 aliphatic carbocycles. The molecule has 3 rings (SSSR count). The molecular formula is C24H27F3N4O2S. The van der Waals surface area contributed by atoms with Gasteiger partial charge in [-0.15, -0.1) is 0 Å². The van der Waals surface area contributed by atoms with Crippen molar-refractivity contribution in [2.24, 2.45) is 5.73 Å². The number of halogens is 3. The predicted molar refractivity (Wildman–Crippen MR) is 126 cm³/mol. The van der Waals surface area contributed by atoms with E-state index in [2.05, 4.69) is 10.6 Å². The summed E-state index contributed by atoms with van der Waals surface area (Å²) in [6.07, 6.45) is -2.80. The van der Waals surface area contributed by atoms with Crippen LogP contribution in [-0.2, 0) is 23.5 Å². The number of alkyl halides is 3. The Balaban J connectivity index is 2.11. The summed E-state index contributed by atoms with van der Waals surface area (Å²) in [7, 11) is -0.264. The molecule has 3 aromatic rings. The Morgan fingerprint density at radius 2 is 1.68 bits per heavy atom. The summed E-state index contributed by atoms with van der Waals surface area (Å²) in [5.74, 6) is -0.442. The van der Waals surface area contributed by atoms with Crippen molar-refractivity contribution in [1.82, 2.24) is 9.88 Å². The van der Waals surface area contributed by atoms with E-state index in [1.165, 1.54) is 19.2 Å². The molecule has 0 spiro atoms. The van der Waals surface area contributed by atoms with Crippen LogP contribution in [0.5, 0.6) is 0 Å². The lowest BCUT2D eigenvalue weighted by atomic mass is 10.1. The molecule has 1 aromatic heterocycles. The van der Waals surface area contributed by atoms with E-state index in [0.717, 1.165) is 12.1 Å². The van der Waals surface area contributed by atoms with Crippen molar-refractivity contribution in [2.45, 2.75) is 42.0 Å². The van der Waals surface area contributed by atoms with Gasteiger partial charge in [0.2, 0.25) is 0 Å². The van der Waals surface area contributed by atoms with E-state index in [1.54, 1.807) is 41.1 Å². The zero-order valence-electron chi connectivity index (χ0n) is 19.1. The Kier molecular flexibility index (Phi) is 7.52. The number of hydrogen-bond acceptors (Lipinski definition) is 4. The Bertz CT molecular complexity index is 1170. The topological polar surface area (TPSA) is 89.2 Å². The standard InChI is InChI=1S/C24H27F3N4O2S/c1-23(2,28)15-30-19-14-31(13-16-9-11-17(12-10-16)24(25,26)27)22(20(19)21(32)29-3)34(33)18-7-5-4-6-8-18/h4-12,14,30H,13,15,28H2,1-3H3,(H,29,32)/t34-/m1/s1. The first-order chi connectivity index (χ1) is 15.9. The van der Waals surface area contributed by atoms with Gasteiger partial charge in [-0.1, -0.05) is 30.3 Å². The van der Waals surface area contributed by atoms with Gasteiger partial charge in [-0.05, 0) is 43.7 Å². The second-order valence-electron chi connectivity index (χ2n) is 8.55. The van der Waals surface area contributed by atoms with Crippen LogP contribution >= 0.6 is 0 Å². The molecule has 0 fully saturated rings. The first-order valence-corrected chi connectivity index (χ1v) is 11.7. The lowest BCUT2D eigenvalue weighted by Crippen LogP contribution is -2.39. The summed E-state index contributed by atoms with van der Waals surface area (Å²) < 4.78 is 54.1. The largest absolute Gasteiger partial charge is 0.416 e. The summed E-state index contributed by atoms with van der Waals surface area (Å²) in [6.45, 7) is 4.09. The minimum atomic E-state index is -4.44. The van der Waals surface area contributed by atoms with E-state index in [0.29, 0.717) is 22.7 Å². The zero-order valence-corrected chi connectivity index (χ0v) is 19.9. The maximum atomic E-state index is 13.6. The second kappa shape index (κ2) is 10.0. The van der Waals surface area contributed by atoms with Crippen molar-refractivity contribution < 1.29 is 22.2 Å². The highest BCUT2D eigenvalue weighted by Gasteiger charge is 2.30. The van der Waals surface area contributed by atoms with Crippen LogP contribution in [0.4, 0.5) is 18.9 Å². The van der Waals surface area contributed by atoms with Crippen molar-refractivity contribution in [3.8, 4) is 0 Å². The van der Waals surface area contributed by atoms with Gasteiger partial charge in [-0.3, -0.25) is 4.79 Å². The molecule has 182 valence electrons. The van der Waals surface area contributed by atoms with Crippen LogP contribution in [-0.4, -0.2) is 33.8 Å². The average molecular weight is 493 g/mol. The van der Waals surface area contributed by atoms with E-state index in [4.69, 9.17) is 5.73 Å². The van der Waals surface area contributed by atoms with Gasteiger partial charge in [0.15, 0.2) is 0 Å². The number of hydrogen-bond donors (Lipinski definition) is 3. The summed E-state index contributed by atoms with van der Waals surface area (Å²) in [5, 5.41) is 5.98. The molecule has 1 heterocycles. The number of benzene rings is 2. The minimum absolute atomic E-state index is 0.115. The average Bonchev–Trinajstić information content (AvgIpc) is 3.14. The maximum absolute atomic E-state index is 13.6. The van der Waals surface area contributed by atoms with Crippen LogP contribution in [0.15, 0.2) is 70.7 Å². The van der Waals surface area contributed by atoms with Crippen molar-refractivity contribution in [3.63, 3.8) is 0 Å². The molecular weight excluding hydrogens is 465 g/mol. The lowest BCUT2D eigenvalue weighted by molar-refractivity contribution is -0.137. The van der Waals surface area contributed by atoms with Crippen molar-refractivity contribution in [2.75, 3.05) is 18.9 Å². The normalized spacial score (nSPS) is 12.9. The number of aromatic nitrogens is 1. The molecule has 0 bridgehead atoms. The molecule has 0 saturated heterocycles. The molecule has 34 heavy (non-hydrogen) atoms. The van der Waals surface area contributed by atoms with Crippen molar-refractivity contribution in [1.29, 1.82) is 0 Å². The van der Waals surface area contributed by atoms with Gasteiger partial charge < -0.3 is 20.9 Å². The van der Waals surface area contributed by atoms with Crippen molar-refractivity contribution in [3.05, 3.63) is 77.5 Å². The molecule has 0 radical (unpaired) electrons. The van der Waals surface area contributed by atoms with Gasteiger partial charge in [0.1, 0.15) is 15.8 Å². The van der Waals surface area contributed by atoms with Crippen LogP contribution in [0.2, 0.25) is 0 Å². The number of rotatable bonds is 8. The number of anilines is 1. The number of nitrogens with two attached hydrogens (primary N) is 1. The SMILES string of the molecule is CNC(=O)c1c(NCC(C)(C)N)cn(Cc2ccc(C(F)(F)F)cc2)c1[S@](=O)c1ccccc1. The Morgan fingerprint density at radius 1 is 1.06 bits per heavy atom. The van der Waals surface area contributed by atoms with E-state index in [1.807, 2.05) is 13.8 Å². The number of nitrogens with zero attached hydrogens (tertiary/aromatic N) is 1. The van der Waals surface area contributed by atoms with Gasteiger partial charge >= 0.3 is 6.18 Å². The molecule has 1 atom stereocenters. The maximum Gasteiger partial charge on any atom is 0.416 e. The molecule has 0 aliphatic heterocycles. The molecule has 0 saturated carbocycles. The third kappa shape index (κ3) is 6.06. The summed E-state index contributed by atoms with van der Waals surface area (Å²) in [5.41, 5.74) is 5.93. The number of carbonyl (C=O) groups excluding carboxylic acids is 1. The molecule has 4 N–H and O–H groups in total. The fourth-order valence-corrected chi connectivity index (χ4v) is 4.65. The fraction of sp³-hybridized carbons (Fsp3) is 0.292. The van der Waals surface area contributed by atoms with Gasteiger partial charge in [0, 0.05) is 36.8 Å². The molecule has 0 aliphatic rings. The van der Waals surface area contributed by atoms with Crippen LogP contribution < -0.4 is 16.4 Å².